The molecule has 0 N–H and O–H groups in total. The van der Waals surface area contributed by atoms with Crippen LogP contribution >= 0.6 is 11.6 Å². The van der Waals surface area contributed by atoms with E-state index in [0.717, 1.165) is 5.69 Å². The highest BCUT2D eigenvalue weighted by Gasteiger charge is 2.05. The highest BCUT2D eigenvalue weighted by molar-refractivity contribution is 6.29. The van der Waals surface area contributed by atoms with E-state index in [1.54, 1.807) is 6.08 Å². The monoisotopic (exact) mass is 180 g/mol. The average Bonchev–Trinajstić information content (AvgIpc) is 2.04. The Kier molecular flexibility index (Phi) is 3.06. The number of halogens is 1. The number of nitrogens with zero attached hydrogens (tertiary/aromatic N) is 1. The van der Waals surface area contributed by atoms with Crippen molar-refractivity contribution in [3.63, 3.8) is 0 Å². The van der Waals surface area contributed by atoms with Gasteiger partial charge in [0.25, 0.3) is 0 Å². The summed E-state index contributed by atoms with van der Waals surface area (Å²) in [5.41, 5.74) is 1.04. The minimum atomic E-state index is 0.620. The summed E-state index contributed by atoms with van der Waals surface area (Å²) in [6.07, 6.45) is 3.74. The Labute approximate surface area is 77.6 Å². The third kappa shape index (κ3) is 2.21. The van der Waals surface area contributed by atoms with Crippen LogP contribution in [0, 0.1) is 0 Å². The van der Waals surface area contributed by atoms with Gasteiger partial charge in [-0.3, -0.25) is 0 Å². The number of rotatable bonds is 3. The number of pyridine rings is 1. The molecule has 0 bridgehead atoms. The van der Waals surface area contributed by atoms with Gasteiger partial charge in [0.05, 0.1) is 5.03 Å². The second kappa shape index (κ2) is 4.07. The molecule has 0 radical (unpaired) electrons. The van der Waals surface area contributed by atoms with E-state index in [4.69, 9.17) is 11.6 Å². The first kappa shape index (κ1) is 9.01. The number of allylic oxidation sites excluding steroid dienone is 1. The third-order valence-corrected chi connectivity index (χ3v) is 1.65. The van der Waals surface area contributed by atoms with Gasteiger partial charge in [-0.15, -0.1) is 0 Å². The first-order valence-corrected chi connectivity index (χ1v) is 4.06. The molecule has 0 unspecified atom stereocenters. The molecule has 0 aliphatic heterocycles. The molecule has 1 aromatic heterocycles. The molecule has 0 spiro atoms. The zero-order valence-electron chi connectivity index (χ0n) is 6.83. The molecule has 0 saturated heterocycles. The quantitative estimate of drug-likeness (QED) is 0.629. The maximum absolute atomic E-state index is 5.69. The summed E-state index contributed by atoms with van der Waals surface area (Å²) in [4.78, 5) is 0. The van der Waals surface area contributed by atoms with Crippen molar-refractivity contribution in [3.05, 3.63) is 48.3 Å². The SMILES string of the molecule is C=Cc1cccc[n+]1CC(=C)Cl. The van der Waals surface area contributed by atoms with Crippen molar-refractivity contribution in [2.45, 2.75) is 6.54 Å². The molecule has 0 amide bonds. The van der Waals surface area contributed by atoms with E-state index in [0.29, 0.717) is 11.6 Å². The van der Waals surface area contributed by atoms with E-state index in [9.17, 15) is 0 Å². The lowest BCUT2D eigenvalue weighted by atomic mass is 10.3. The maximum atomic E-state index is 5.69. The zero-order valence-corrected chi connectivity index (χ0v) is 7.59. The molecule has 0 atom stereocenters. The van der Waals surface area contributed by atoms with Crippen LogP contribution in [0.2, 0.25) is 0 Å². The molecule has 2 heteroatoms. The Balaban J connectivity index is 2.96. The first-order valence-electron chi connectivity index (χ1n) is 3.68. The van der Waals surface area contributed by atoms with E-state index in [1.165, 1.54) is 0 Å². The lowest BCUT2D eigenvalue weighted by Gasteiger charge is -1.97. The molecule has 1 nitrogen and oxygen atoms in total. The van der Waals surface area contributed by atoms with Gasteiger partial charge in [0.15, 0.2) is 12.7 Å². The molecule has 1 aromatic rings. The fraction of sp³-hybridized carbons (Fsp3) is 0.100. The van der Waals surface area contributed by atoms with E-state index >= 15 is 0 Å². The second-order valence-electron chi connectivity index (χ2n) is 2.47. The minimum absolute atomic E-state index is 0.620. The van der Waals surface area contributed by atoms with Crippen LogP contribution in [0.1, 0.15) is 5.69 Å². The highest BCUT2D eigenvalue weighted by Crippen LogP contribution is 1.99. The molecule has 0 aromatic carbocycles. The summed E-state index contributed by atoms with van der Waals surface area (Å²) in [6.45, 7) is 7.97. The molecule has 1 heterocycles. The molecule has 62 valence electrons. The largest absolute Gasteiger partial charge is 0.204 e. The molecule has 0 saturated carbocycles. The van der Waals surface area contributed by atoms with Crippen molar-refractivity contribution in [1.82, 2.24) is 0 Å². The van der Waals surface area contributed by atoms with Crippen LogP contribution in [0.25, 0.3) is 6.08 Å². The van der Waals surface area contributed by atoms with Gasteiger partial charge < -0.3 is 0 Å². The van der Waals surface area contributed by atoms with E-state index < -0.39 is 0 Å². The van der Waals surface area contributed by atoms with Crippen molar-refractivity contribution >= 4 is 17.7 Å². The average molecular weight is 181 g/mol. The van der Waals surface area contributed by atoms with Crippen LogP contribution in [0.15, 0.2) is 42.6 Å². The Bertz CT molecular complexity index is 304. The van der Waals surface area contributed by atoms with Gasteiger partial charge in [-0.1, -0.05) is 24.8 Å². The van der Waals surface area contributed by atoms with Crippen molar-refractivity contribution in [1.29, 1.82) is 0 Å². The number of hydrogen-bond acceptors (Lipinski definition) is 0. The van der Waals surface area contributed by atoms with E-state index in [-0.39, 0.29) is 0 Å². The Morgan fingerprint density at radius 1 is 1.58 bits per heavy atom. The van der Waals surface area contributed by atoms with Crippen molar-refractivity contribution < 1.29 is 4.57 Å². The van der Waals surface area contributed by atoms with Crippen LogP contribution in [0.5, 0.6) is 0 Å². The topological polar surface area (TPSA) is 3.88 Å². The number of hydrogen-bond donors (Lipinski definition) is 0. The van der Waals surface area contributed by atoms with Crippen LogP contribution < -0.4 is 4.57 Å². The summed E-state index contributed by atoms with van der Waals surface area (Å²) < 4.78 is 1.99. The predicted octanol–water partition coefficient (Wildman–Crippen LogP) is 2.37. The summed E-state index contributed by atoms with van der Waals surface area (Å²) in [7, 11) is 0. The molecule has 0 aliphatic carbocycles. The minimum Gasteiger partial charge on any atom is -0.194 e. The first-order chi connectivity index (χ1) is 5.74. The smallest absolute Gasteiger partial charge is 0.194 e. The van der Waals surface area contributed by atoms with E-state index in [2.05, 4.69) is 13.2 Å². The fourth-order valence-corrected chi connectivity index (χ4v) is 1.13. The molecule has 0 fully saturated rings. The Morgan fingerprint density at radius 3 is 2.92 bits per heavy atom. The van der Waals surface area contributed by atoms with Gasteiger partial charge in [0.1, 0.15) is 0 Å². The van der Waals surface area contributed by atoms with Crippen LogP contribution in [0.4, 0.5) is 0 Å². The van der Waals surface area contributed by atoms with Crippen molar-refractivity contribution in [2.24, 2.45) is 0 Å². The standard InChI is InChI=1S/C10H11ClN/c1-3-10-6-4-5-7-12(10)8-9(2)11/h3-7H,1-2,8H2/q+1. The molecule has 12 heavy (non-hydrogen) atoms. The fourth-order valence-electron chi connectivity index (χ4n) is 1.00. The van der Waals surface area contributed by atoms with Crippen molar-refractivity contribution in [3.8, 4) is 0 Å². The van der Waals surface area contributed by atoms with Gasteiger partial charge in [-0.2, -0.15) is 4.57 Å². The third-order valence-electron chi connectivity index (χ3n) is 1.53. The molecule has 0 aliphatic rings. The molecular formula is C10H11ClN+. The summed E-state index contributed by atoms with van der Waals surface area (Å²) in [5.74, 6) is 0. The van der Waals surface area contributed by atoms with Crippen LogP contribution in [-0.4, -0.2) is 0 Å². The second-order valence-corrected chi connectivity index (χ2v) is 3.01. The lowest BCUT2D eigenvalue weighted by molar-refractivity contribution is -0.689. The summed E-state index contributed by atoms with van der Waals surface area (Å²) in [6, 6.07) is 5.89. The van der Waals surface area contributed by atoms with Crippen LogP contribution in [0.3, 0.4) is 0 Å². The molecule has 1 rings (SSSR count). The highest BCUT2D eigenvalue weighted by atomic mass is 35.5. The van der Waals surface area contributed by atoms with E-state index in [1.807, 2.05) is 29.0 Å². The van der Waals surface area contributed by atoms with Gasteiger partial charge in [0, 0.05) is 18.2 Å². The Morgan fingerprint density at radius 2 is 2.33 bits per heavy atom. The van der Waals surface area contributed by atoms with Gasteiger partial charge in [-0.05, 0) is 6.07 Å². The summed E-state index contributed by atoms with van der Waals surface area (Å²) >= 11 is 5.69. The zero-order chi connectivity index (χ0) is 8.97. The Hall–Kier alpha value is -1.08. The predicted molar refractivity (Wildman–Crippen MR) is 51.7 cm³/mol. The number of aromatic nitrogens is 1. The molecular weight excluding hydrogens is 170 g/mol. The van der Waals surface area contributed by atoms with Crippen molar-refractivity contribution in [2.75, 3.05) is 0 Å². The van der Waals surface area contributed by atoms with Gasteiger partial charge >= 0.3 is 0 Å². The van der Waals surface area contributed by atoms with Gasteiger partial charge in [0.2, 0.25) is 5.69 Å². The van der Waals surface area contributed by atoms with Crippen LogP contribution in [-0.2, 0) is 6.54 Å². The maximum Gasteiger partial charge on any atom is 0.204 e. The van der Waals surface area contributed by atoms with Gasteiger partial charge in [-0.25, -0.2) is 0 Å². The summed E-state index contributed by atoms with van der Waals surface area (Å²) in [5, 5.41) is 0.620. The normalized spacial score (nSPS) is 9.42. The lowest BCUT2D eigenvalue weighted by Crippen LogP contribution is -2.36.